The molecule has 0 unspecified atom stereocenters. The van der Waals surface area contributed by atoms with Crippen molar-refractivity contribution in [2.24, 2.45) is 0 Å². The van der Waals surface area contributed by atoms with Crippen LogP contribution in [0.2, 0.25) is 0 Å². The average Bonchev–Trinajstić information content (AvgIpc) is 2.70. The Balaban J connectivity index is 2.54. The van der Waals surface area contributed by atoms with Crippen molar-refractivity contribution in [3.05, 3.63) is 33.2 Å². The van der Waals surface area contributed by atoms with Crippen LogP contribution in [0.25, 0.3) is 0 Å². The zero-order valence-corrected chi connectivity index (χ0v) is 8.96. The normalized spacial score (nSPS) is 14.4. The summed E-state index contributed by atoms with van der Waals surface area (Å²) < 4.78 is 4.48. The van der Waals surface area contributed by atoms with Crippen LogP contribution in [0, 0.1) is 0 Å². The highest BCUT2D eigenvalue weighted by Gasteiger charge is 2.29. The molecular formula is C10H6O5S. The van der Waals surface area contributed by atoms with E-state index < -0.39 is 23.3 Å². The van der Waals surface area contributed by atoms with Crippen LogP contribution < -0.4 is 0 Å². The Bertz CT molecular complexity index is 537. The summed E-state index contributed by atoms with van der Waals surface area (Å²) in [7, 11) is 1.21. The molecule has 1 N–H and O–H groups in total. The molecule has 5 nitrogen and oxygen atoms in total. The predicted molar refractivity (Wildman–Crippen MR) is 55.0 cm³/mol. The minimum Gasteiger partial charge on any atom is -0.504 e. The third kappa shape index (κ3) is 1.43. The van der Waals surface area contributed by atoms with E-state index in [1.807, 2.05) is 0 Å². The third-order valence-corrected chi connectivity index (χ3v) is 3.22. The molecule has 1 aromatic heterocycles. The number of aliphatic hydroxyl groups excluding tert-OH is 1. The molecule has 1 aromatic rings. The van der Waals surface area contributed by atoms with Gasteiger partial charge in [0.15, 0.2) is 11.5 Å². The molecule has 0 fully saturated rings. The van der Waals surface area contributed by atoms with E-state index in [0.29, 0.717) is 0 Å². The first-order valence-corrected chi connectivity index (χ1v) is 5.08. The Morgan fingerprint density at radius 1 is 1.44 bits per heavy atom. The molecule has 0 spiro atoms. The maximum Gasteiger partial charge on any atom is 0.348 e. The van der Waals surface area contributed by atoms with Crippen LogP contribution in [0.4, 0.5) is 0 Å². The summed E-state index contributed by atoms with van der Waals surface area (Å²) in [5.41, 5.74) is 0.0513. The van der Waals surface area contributed by atoms with Crippen molar-refractivity contribution in [3.8, 4) is 0 Å². The van der Waals surface area contributed by atoms with Crippen molar-refractivity contribution < 1.29 is 24.2 Å². The molecule has 0 amide bonds. The van der Waals surface area contributed by atoms with Gasteiger partial charge >= 0.3 is 5.97 Å². The molecule has 0 bridgehead atoms. The van der Waals surface area contributed by atoms with Crippen molar-refractivity contribution in [1.29, 1.82) is 0 Å². The SMILES string of the molecule is COC(=O)c1cc2c(s1)C(=O)C=C(O)C2=O. The summed E-state index contributed by atoms with van der Waals surface area (Å²) >= 11 is 0.881. The van der Waals surface area contributed by atoms with Crippen LogP contribution in [0.15, 0.2) is 17.9 Å². The van der Waals surface area contributed by atoms with Gasteiger partial charge in [-0.25, -0.2) is 4.79 Å². The molecule has 2 rings (SSSR count). The number of rotatable bonds is 1. The zero-order chi connectivity index (χ0) is 11.9. The van der Waals surface area contributed by atoms with Gasteiger partial charge < -0.3 is 9.84 Å². The van der Waals surface area contributed by atoms with Crippen LogP contribution in [0.3, 0.4) is 0 Å². The van der Waals surface area contributed by atoms with Crippen molar-refractivity contribution in [1.82, 2.24) is 0 Å². The van der Waals surface area contributed by atoms with Crippen molar-refractivity contribution in [2.75, 3.05) is 7.11 Å². The second-order valence-corrected chi connectivity index (χ2v) is 4.12. The fourth-order valence-corrected chi connectivity index (χ4v) is 2.32. The lowest BCUT2D eigenvalue weighted by Gasteiger charge is -2.04. The van der Waals surface area contributed by atoms with Crippen LogP contribution in [0.1, 0.15) is 29.7 Å². The summed E-state index contributed by atoms with van der Waals surface area (Å²) in [6.45, 7) is 0. The third-order valence-electron chi connectivity index (χ3n) is 2.09. The Kier molecular flexibility index (Phi) is 2.35. The van der Waals surface area contributed by atoms with E-state index in [1.165, 1.54) is 13.2 Å². The summed E-state index contributed by atoms with van der Waals surface area (Å²) in [6, 6.07) is 1.26. The standard InChI is InChI=1S/C10H6O5S/c1-15-10(14)7-2-4-8(13)5(11)3-6(12)9(4)16-7/h2-3,11H,1H3. The number of thiophene rings is 1. The van der Waals surface area contributed by atoms with E-state index in [4.69, 9.17) is 0 Å². The predicted octanol–water partition coefficient (Wildman–Crippen LogP) is 1.36. The Morgan fingerprint density at radius 2 is 2.12 bits per heavy atom. The monoisotopic (exact) mass is 238 g/mol. The number of carbonyl (C=O) groups is 3. The minimum absolute atomic E-state index is 0.0513. The Labute approximate surface area is 94.0 Å². The molecule has 6 heteroatoms. The lowest BCUT2D eigenvalue weighted by molar-refractivity contribution is 0.0606. The largest absolute Gasteiger partial charge is 0.504 e. The first-order chi connectivity index (χ1) is 7.54. The first kappa shape index (κ1) is 10.6. The topological polar surface area (TPSA) is 80.7 Å². The molecule has 1 aliphatic carbocycles. The van der Waals surface area contributed by atoms with Gasteiger partial charge in [0.1, 0.15) is 4.88 Å². The van der Waals surface area contributed by atoms with Gasteiger partial charge in [-0.2, -0.15) is 0 Å². The Hall–Kier alpha value is -1.95. The number of Topliss-reactive ketones (excluding diaryl/α,β-unsaturated/α-hetero) is 1. The quantitative estimate of drug-likeness (QED) is 0.747. The summed E-state index contributed by atoms with van der Waals surface area (Å²) in [4.78, 5) is 34.4. The second kappa shape index (κ2) is 3.57. The van der Waals surface area contributed by atoms with Crippen molar-refractivity contribution >= 4 is 28.9 Å². The van der Waals surface area contributed by atoms with E-state index >= 15 is 0 Å². The summed E-state index contributed by atoms with van der Waals surface area (Å²) in [5, 5.41) is 9.18. The van der Waals surface area contributed by atoms with Gasteiger partial charge in [0.25, 0.3) is 0 Å². The fraction of sp³-hybridized carbons (Fsp3) is 0.100. The molecule has 0 aromatic carbocycles. The zero-order valence-electron chi connectivity index (χ0n) is 8.14. The minimum atomic E-state index is -0.652. The lowest BCUT2D eigenvalue weighted by Crippen LogP contribution is -2.13. The molecule has 0 saturated carbocycles. The highest BCUT2D eigenvalue weighted by atomic mass is 32.1. The van der Waals surface area contributed by atoms with Crippen LogP contribution in [0.5, 0.6) is 0 Å². The van der Waals surface area contributed by atoms with E-state index in [9.17, 15) is 19.5 Å². The number of fused-ring (bicyclic) bond motifs is 1. The number of hydrogen-bond donors (Lipinski definition) is 1. The first-order valence-electron chi connectivity index (χ1n) is 4.26. The molecule has 0 atom stereocenters. The second-order valence-electron chi connectivity index (χ2n) is 3.07. The maximum atomic E-state index is 11.5. The van der Waals surface area contributed by atoms with Gasteiger partial charge in [0.2, 0.25) is 5.78 Å². The molecule has 82 valence electrons. The Morgan fingerprint density at radius 3 is 2.75 bits per heavy atom. The van der Waals surface area contributed by atoms with E-state index in [2.05, 4.69) is 4.74 Å². The number of allylic oxidation sites excluding steroid dienone is 2. The van der Waals surface area contributed by atoms with Gasteiger partial charge in [0.05, 0.1) is 12.0 Å². The molecule has 0 radical (unpaired) electrons. The molecule has 1 aliphatic rings. The van der Waals surface area contributed by atoms with Gasteiger partial charge in [-0.05, 0) is 6.07 Å². The number of esters is 1. The summed E-state index contributed by atoms with van der Waals surface area (Å²) in [5.74, 6) is -2.35. The number of ketones is 2. The van der Waals surface area contributed by atoms with Gasteiger partial charge in [-0.15, -0.1) is 11.3 Å². The van der Waals surface area contributed by atoms with Crippen LogP contribution in [-0.4, -0.2) is 29.8 Å². The number of aliphatic hydroxyl groups is 1. The average molecular weight is 238 g/mol. The number of hydrogen-bond acceptors (Lipinski definition) is 6. The van der Waals surface area contributed by atoms with Crippen molar-refractivity contribution in [3.63, 3.8) is 0 Å². The smallest absolute Gasteiger partial charge is 0.348 e. The molecule has 1 heterocycles. The van der Waals surface area contributed by atoms with E-state index in [0.717, 1.165) is 17.4 Å². The highest BCUT2D eigenvalue weighted by molar-refractivity contribution is 7.16. The number of ether oxygens (including phenoxy) is 1. The number of carbonyl (C=O) groups excluding carboxylic acids is 3. The lowest BCUT2D eigenvalue weighted by atomic mass is 10.0. The maximum absolute atomic E-state index is 11.5. The van der Waals surface area contributed by atoms with Crippen LogP contribution in [-0.2, 0) is 4.74 Å². The van der Waals surface area contributed by atoms with Gasteiger partial charge in [-0.3, -0.25) is 9.59 Å². The number of methoxy groups -OCH3 is 1. The van der Waals surface area contributed by atoms with Crippen LogP contribution >= 0.6 is 11.3 Å². The van der Waals surface area contributed by atoms with Crippen molar-refractivity contribution in [2.45, 2.75) is 0 Å². The van der Waals surface area contributed by atoms with E-state index in [1.54, 1.807) is 0 Å². The fourth-order valence-electron chi connectivity index (χ4n) is 1.34. The molecular weight excluding hydrogens is 232 g/mol. The molecule has 0 saturated heterocycles. The highest BCUT2D eigenvalue weighted by Crippen LogP contribution is 2.29. The van der Waals surface area contributed by atoms with Gasteiger partial charge in [-0.1, -0.05) is 0 Å². The molecule has 0 aliphatic heterocycles. The van der Waals surface area contributed by atoms with E-state index in [-0.39, 0.29) is 15.3 Å². The van der Waals surface area contributed by atoms with Gasteiger partial charge in [0, 0.05) is 11.6 Å². The summed E-state index contributed by atoms with van der Waals surface area (Å²) in [6.07, 6.45) is 0.849. The molecule has 16 heavy (non-hydrogen) atoms.